The molecule has 1 nitrogen and oxygen atoms in total. The Labute approximate surface area is 154 Å². The van der Waals surface area contributed by atoms with Gasteiger partial charge in [-0.1, -0.05) is 73.9 Å². The van der Waals surface area contributed by atoms with Gasteiger partial charge >= 0.3 is 0 Å². The van der Waals surface area contributed by atoms with E-state index in [4.69, 9.17) is 0 Å². The number of aromatic nitrogens is 1. The van der Waals surface area contributed by atoms with Gasteiger partial charge in [0, 0.05) is 28.4 Å². The minimum absolute atomic E-state index is 0.421. The van der Waals surface area contributed by atoms with Crippen molar-refractivity contribution in [1.29, 1.82) is 0 Å². The van der Waals surface area contributed by atoms with Gasteiger partial charge in [0.05, 0.1) is 5.69 Å². The Hall–Kier alpha value is -2.54. The molecular formula is C25H23N. The van der Waals surface area contributed by atoms with Crippen LogP contribution in [-0.2, 0) is 0 Å². The van der Waals surface area contributed by atoms with E-state index in [2.05, 4.69) is 71.4 Å². The monoisotopic (exact) mass is 337 g/mol. The second-order valence-electron chi connectivity index (χ2n) is 8.03. The summed E-state index contributed by atoms with van der Waals surface area (Å²) >= 11 is 0. The molecule has 0 radical (unpaired) electrons. The topological polar surface area (TPSA) is 4.93 Å². The highest BCUT2D eigenvalue weighted by molar-refractivity contribution is 6.01. The van der Waals surface area contributed by atoms with E-state index in [1.807, 2.05) is 0 Å². The van der Waals surface area contributed by atoms with Crippen LogP contribution in [0, 0.1) is 5.92 Å². The Morgan fingerprint density at radius 2 is 1.65 bits per heavy atom. The molecule has 0 spiro atoms. The first kappa shape index (κ1) is 14.6. The van der Waals surface area contributed by atoms with Crippen molar-refractivity contribution < 1.29 is 0 Å². The van der Waals surface area contributed by atoms with Gasteiger partial charge in [0.1, 0.15) is 0 Å². The molecule has 1 aromatic carbocycles. The molecule has 0 amide bonds. The van der Waals surface area contributed by atoms with Crippen LogP contribution in [0.2, 0.25) is 0 Å². The summed E-state index contributed by atoms with van der Waals surface area (Å²) in [5.41, 5.74) is 8.71. The molecule has 0 N–H and O–H groups in total. The first-order chi connectivity index (χ1) is 12.9. The Morgan fingerprint density at radius 1 is 0.846 bits per heavy atom. The van der Waals surface area contributed by atoms with Crippen molar-refractivity contribution in [2.24, 2.45) is 5.92 Å². The standard InChI is InChI=1S/C25H23N/c1-2-11-19(12-3-1)26-23-15-5-4-13-20(23)22-16-18-10-6-8-17-9-7-14-21(24(17)18)25(22)26/h4-10,13-16,19,24H,1-3,11-12H2. The molecular weight excluding hydrogens is 314 g/mol. The summed E-state index contributed by atoms with van der Waals surface area (Å²) in [6, 6.07) is 9.68. The fourth-order valence-corrected chi connectivity index (χ4v) is 5.49. The van der Waals surface area contributed by atoms with Gasteiger partial charge in [0.25, 0.3) is 0 Å². The number of rotatable bonds is 1. The van der Waals surface area contributed by atoms with Crippen LogP contribution in [-0.4, -0.2) is 4.57 Å². The quantitative estimate of drug-likeness (QED) is 0.552. The number of para-hydroxylation sites is 1. The predicted molar refractivity (Wildman–Crippen MR) is 110 cm³/mol. The number of allylic oxidation sites excluding steroid dienone is 9. The normalized spacial score (nSPS) is 24.0. The van der Waals surface area contributed by atoms with Crippen molar-refractivity contribution in [2.45, 2.75) is 38.1 Å². The molecule has 128 valence electrons. The number of nitrogens with zero attached hydrogens (tertiary/aromatic N) is 1. The first-order valence-corrected chi connectivity index (χ1v) is 10.0. The first-order valence-electron chi connectivity index (χ1n) is 10.0. The van der Waals surface area contributed by atoms with E-state index in [0.29, 0.717) is 12.0 Å². The fraction of sp³-hybridized carbons (Fsp3) is 0.280. The van der Waals surface area contributed by atoms with Crippen molar-refractivity contribution in [2.75, 3.05) is 0 Å². The van der Waals surface area contributed by atoms with Crippen molar-refractivity contribution >= 4 is 22.6 Å². The van der Waals surface area contributed by atoms with Crippen LogP contribution in [0.3, 0.4) is 0 Å². The van der Waals surface area contributed by atoms with Crippen LogP contribution < -0.4 is 0 Å². The molecule has 0 bridgehead atoms. The Kier molecular flexibility index (Phi) is 3.08. The van der Waals surface area contributed by atoms with Crippen molar-refractivity contribution in [3.05, 3.63) is 83.1 Å². The van der Waals surface area contributed by atoms with E-state index >= 15 is 0 Å². The molecule has 1 unspecified atom stereocenters. The lowest BCUT2D eigenvalue weighted by Crippen LogP contribution is -2.21. The largest absolute Gasteiger partial charge is 0.337 e. The zero-order valence-corrected chi connectivity index (χ0v) is 15.0. The highest BCUT2D eigenvalue weighted by atomic mass is 15.0. The van der Waals surface area contributed by atoms with Crippen molar-refractivity contribution in [1.82, 2.24) is 4.57 Å². The molecule has 26 heavy (non-hydrogen) atoms. The van der Waals surface area contributed by atoms with Crippen LogP contribution in [0.15, 0.2) is 71.9 Å². The highest BCUT2D eigenvalue weighted by Gasteiger charge is 2.35. The second-order valence-corrected chi connectivity index (χ2v) is 8.03. The highest BCUT2D eigenvalue weighted by Crippen LogP contribution is 2.50. The minimum Gasteiger partial charge on any atom is -0.337 e. The molecule has 2 aromatic rings. The van der Waals surface area contributed by atoms with Gasteiger partial charge in [-0.25, -0.2) is 0 Å². The molecule has 1 atom stereocenters. The number of hydrogen-bond acceptors (Lipinski definition) is 0. The lowest BCUT2D eigenvalue weighted by atomic mass is 9.73. The third-order valence-corrected chi connectivity index (χ3v) is 6.59. The second kappa shape index (κ2) is 5.48. The molecule has 1 aromatic heterocycles. The molecule has 4 aliphatic carbocycles. The zero-order valence-electron chi connectivity index (χ0n) is 15.0. The summed E-state index contributed by atoms with van der Waals surface area (Å²) in [6.45, 7) is 0. The summed E-state index contributed by atoms with van der Waals surface area (Å²) in [5, 5.41) is 1.42. The molecule has 0 aliphatic heterocycles. The van der Waals surface area contributed by atoms with Gasteiger partial charge in [0.15, 0.2) is 0 Å². The number of benzene rings is 1. The SMILES string of the molecule is C1=CC2=CC=CC3=Cc4c(n(C5CCCCC5)c5ccccc45)C(=C1)C23. The molecule has 1 fully saturated rings. The van der Waals surface area contributed by atoms with Crippen LogP contribution in [0.1, 0.15) is 49.4 Å². The van der Waals surface area contributed by atoms with Gasteiger partial charge in [-0.05, 0) is 41.7 Å². The summed E-state index contributed by atoms with van der Waals surface area (Å²) in [7, 11) is 0. The summed E-state index contributed by atoms with van der Waals surface area (Å²) in [6.07, 6.45) is 22.9. The van der Waals surface area contributed by atoms with E-state index in [1.165, 1.54) is 71.0 Å². The lowest BCUT2D eigenvalue weighted by molar-refractivity contribution is 0.358. The van der Waals surface area contributed by atoms with Gasteiger partial charge < -0.3 is 4.57 Å². The zero-order chi connectivity index (χ0) is 17.1. The Balaban J connectivity index is 1.69. The Morgan fingerprint density at radius 3 is 2.58 bits per heavy atom. The maximum atomic E-state index is 2.71. The minimum atomic E-state index is 0.421. The van der Waals surface area contributed by atoms with E-state index in [0.717, 1.165) is 0 Å². The van der Waals surface area contributed by atoms with E-state index in [-0.39, 0.29) is 0 Å². The maximum Gasteiger partial charge on any atom is 0.0536 e. The van der Waals surface area contributed by atoms with Crippen LogP contribution in [0.4, 0.5) is 0 Å². The molecule has 0 saturated heterocycles. The lowest BCUT2D eigenvalue weighted by Gasteiger charge is -2.34. The number of hydrogen-bond donors (Lipinski definition) is 0. The van der Waals surface area contributed by atoms with Crippen LogP contribution >= 0.6 is 0 Å². The van der Waals surface area contributed by atoms with Crippen LogP contribution in [0.25, 0.3) is 22.6 Å². The van der Waals surface area contributed by atoms with Crippen molar-refractivity contribution in [3.8, 4) is 0 Å². The predicted octanol–water partition coefficient (Wildman–Crippen LogP) is 6.61. The van der Waals surface area contributed by atoms with E-state index < -0.39 is 0 Å². The third-order valence-electron chi connectivity index (χ3n) is 6.59. The fourth-order valence-electron chi connectivity index (χ4n) is 5.49. The van der Waals surface area contributed by atoms with Gasteiger partial charge in [0.2, 0.25) is 0 Å². The smallest absolute Gasteiger partial charge is 0.0536 e. The van der Waals surface area contributed by atoms with E-state index in [1.54, 1.807) is 0 Å². The van der Waals surface area contributed by atoms with Gasteiger partial charge in [-0.2, -0.15) is 0 Å². The van der Waals surface area contributed by atoms with Gasteiger partial charge in [-0.3, -0.25) is 0 Å². The molecule has 4 aliphatic rings. The van der Waals surface area contributed by atoms with E-state index in [9.17, 15) is 0 Å². The third kappa shape index (κ3) is 1.92. The molecule has 1 heterocycles. The summed E-state index contributed by atoms with van der Waals surface area (Å²) < 4.78 is 2.71. The maximum absolute atomic E-state index is 2.71. The summed E-state index contributed by atoms with van der Waals surface area (Å²) in [5.74, 6) is 0.421. The Bertz CT molecular complexity index is 1060. The summed E-state index contributed by atoms with van der Waals surface area (Å²) in [4.78, 5) is 0. The average Bonchev–Trinajstić information content (AvgIpc) is 3.04. The number of fused-ring (bicyclic) bond motifs is 4. The van der Waals surface area contributed by atoms with Gasteiger partial charge in [-0.15, -0.1) is 0 Å². The van der Waals surface area contributed by atoms with Crippen molar-refractivity contribution in [3.63, 3.8) is 0 Å². The molecule has 1 heteroatoms. The molecule has 6 rings (SSSR count). The van der Waals surface area contributed by atoms with Crippen LogP contribution in [0.5, 0.6) is 0 Å². The average molecular weight is 337 g/mol. The molecule has 1 saturated carbocycles.